The summed E-state index contributed by atoms with van der Waals surface area (Å²) in [4.78, 5) is 65.2. The van der Waals surface area contributed by atoms with Crippen LogP contribution in [0.15, 0.2) is 133 Å². The number of nitrogens with one attached hydrogen (secondary N) is 1. The number of carbonyl (C=O) groups excluding carboxylic acids is 4. The third-order valence-electron chi connectivity index (χ3n) is 14.0. The zero-order valence-corrected chi connectivity index (χ0v) is 38.9. The summed E-state index contributed by atoms with van der Waals surface area (Å²) in [7, 11) is 1.45. The van der Waals surface area contributed by atoms with E-state index in [-0.39, 0.29) is 50.0 Å². The second kappa shape index (κ2) is 21.0. The number of amides is 3. The molecule has 70 heavy (non-hydrogen) atoms. The van der Waals surface area contributed by atoms with Gasteiger partial charge in [-0.25, -0.2) is 9.69 Å². The van der Waals surface area contributed by atoms with E-state index < -0.39 is 71.1 Å². The number of methoxy groups -OCH3 is 1. The van der Waals surface area contributed by atoms with Gasteiger partial charge in [0.1, 0.15) is 42.1 Å². The lowest BCUT2D eigenvalue weighted by atomic mass is 9.65. The maximum Gasteiger partial charge on any atom is 0.421 e. The molecule has 4 N–H and O–H groups in total. The summed E-state index contributed by atoms with van der Waals surface area (Å²) in [5, 5.41) is 36.2. The lowest BCUT2D eigenvalue weighted by Crippen LogP contribution is -2.56. The molecule has 5 aromatic rings. The summed E-state index contributed by atoms with van der Waals surface area (Å²) in [5.74, 6) is 2.47. The van der Waals surface area contributed by atoms with Crippen LogP contribution in [0.25, 0.3) is 0 Å². The molecular formula is C56H57N3O11. The van der Waals surface area contributed by atoms with Gasteiger partial charge < -0.3 is 39.6 Å². The molecule has 1 aliphatic carbocycles. The van der Waals surface area contributed by atoms with E-state index in [2.05, 4.69) is 17.2 Å². The van der Waals surface area contributed by atoms with Crippen LogP contribution >= 0.6 is 0 Å². The monoisotopic (exact) mass is 947 g/mol. The zero-order chi connectivity index (χ0) is 48.8. The Morgan fingerprint density at radius 2 is 1.47 bits per heavy atom. The Morgan fingerprint density at radius 3 is 2.16 bits per heavy atom. The Kier molecular flexibility index (Phi) is 14.5. The summed E-state index contributed by atoms with van der Waals surface area (Å²) < 4.78 is 23.8. The van der Waals surface area contributed by atoms with Crippen LogP contribution in [0.4, 0.5) is 10.5 Å². The van der Waals surface area contributed by atoms with Gasteiger partial charge in [0, 0.05) is 24.8 Å². The molecule has 0 radical (unpaired) electrons. The Balaban J connectivity index is 1.34. The van der Waals surface area contributed by atoms with Crippen LogP contribution in [0.5, 0.6) is 5.75 Å². The molecule has 3 amide bonds. The van der Waals surface area contributed by atoms with Crippen LogP contribution in [-0.4, -0.2) is 95.8 Å². The van der Waals surface area contributed by atoms with Gasteiger partial charge in [0.25, 0.3) is 0 Å². The number of aliphatic hydroxyl groups is 3. The minimum atomic E-state index is -2.19. The fourth-order valence-electron chi connectivity index (χ4n) is 10.9. The normalized spacial score (nSPS) is 24.1. The molecule has 9 rings (SSSR count). The maximum absolute atomic E-state index is 16.5. The van der Waals surface area contributed by atoms with E-state index in [1.165, 1.54) is 7.11 Å². The molecule has 3 aliphatic heterocycles. The molecule has 362 valence electrons. The highest BCUT2D eigenvalue weighted by Gasteiger charge is 2.76. The fraction of sp³-hybridized carbons (Fsp3) is 0.357. The van der Waals surface area contributed by atoms with Gasteiger partial charge in [-0.15, -0.1) is 0 Å². The highest BCUT2D eigenvalue weighted by atomic mass is 16.6. The number of esters is 1. The maximum atomic E-state index is 16.5. The van der Waals surface area contributed by atoms with E-state index in [0.29, 0.717) is 40.7 Å². The van der Waals surface area contributed by atoms with E-state index in [1.807, 2.05) is 65.6 Å². The van der Waals surface area contributed by atoms with Crippen LogP contribution in [0, 0.1) is 17.8 Å². The Bertz CT molecular complexity index is 2740. The number of morpholine rings is 1. The Labute approximate surface area is 407 Å². The molecule has 3 fully saturated rings. The van der Waals surface area contributed by atoms with Crippen molar-refractivity contribution in [3.8, 4) is 17.6 Å². The van der Waals surface area contributed by atoms with Crippen LogP contribution in [0.1, 0.15) is 96.2 Å². The first kappa shape index (κ1) is 48.2. The van der Waals surface area contributed by atoms with Gasteiger partial charge in [0.05, 0.1) is 43.0 Å². The van der Waals surface area contributed by atoms with Crippen molar-refractivity contribution in [3.05, 3.63) is 167 Å². The van der Waals surface area contributed by atoms with E-state index in [9.17, 15) is 20.1 Å². The lowest BCUT2D eigenvalue weighted by molar-refractivity contribution is -0.178. The first-order chi connectivity index (χ1) is 34.1. The van der Waals surface area contributed by atoms with Crippen LogP contribution in [0.2, 0.25) is 0 Å². The van der Waals surface area contributed by atoms with Gasteiger partial charge in [-0.05, 0) is 72.2 Å². The minimum absolute atomic E-state index is 0.0253. The standard InChI is InChI=1S/C56H57N3O11/c1-67-33-34-69-54(65)58-43-26-25-37(27-30-55(66)28-15-2-3-16-29-55)35-42(43)56(53(58)64)46(51(62)57-36-44(61)38-17-7-4-8-18-38)48-52(63)70-49(40-21-11-6-12-22-40)47(39-19-9-5-10-20-39)59(48)50(56)41-23-13-14-24-45(41)68-32-31-60/h4-14,17-26,35,44,46-50,60-61,66H,2-3,15-16,28-29,31-34,36H2,1H3,(H,57,62)/t44-,46+,47+,48+,49-,50-,56+/m0/s1. The van der Waals surface area contributed by atoms with Crippen molar-refractivity contribution < 1.29 is 53.4 Å². The number of aliphatic hydroxyl groups excluding tert-OH is 2. The Hall–Kier alpha value is -6.86. The second-order valence-electron chi connectivity index (χ2n) is 18.2. The molecule has 1 spiro atoms. The van der Waals surface area contributed by atoms with Gasteiger partial charge in [0.15, 0.2) is 0 Å². The number of nitrogens with zero attached hydrogens (tertiary/aromatic N) is 2. The Morgan fingerprint density at radius 1 is 0.814 bits per heavy atom. The first-order valence-corrected chi connectivity index (χ1v) is 23.9. The molecule has 3 heterocycles. The van der Waals surface area contributed by atoms with E-state index in [0.717, 1.165) is 30.6 Å². The average molecular weight is 948 g/mol. The van der Waals surface area contributed by atoms with Gasteiger partial charge in [-0.1, -0.05) is 134 Å². The van der Waals surface area contributed by atoms with Crippen molar-refractivity contribution in [1.29, 1.82) is 0 Å². The van der Waals surface area contributed by atoms with Crippen LogP contribution in [-0.2, 0) is 34.0 Å². The number of hydrogen-bond acceptors (Lipinski definition) is 12. The van der Waals surface area contributed by atoms with Crippen molar-refractivity contribution in [1.82, 2.24) is 10.2 Å². The number of anilines is 1. The largest absolute Gasteiger partial charge is 0.491 e. The summed E-state index contributed by atoms with van der Waals surface area (Å²) >= 11 is 0. The van der Waals surface area contributed by atoms with Gasteiger partial charge >= 0.3 is 12.1 Å². The molecule has 0 unspecified atom stereocenters. The average Bonchev–Trinajstić information content (AvgIpc) is 3.72. The zero-order valence-electron chi connectivity index (χ0n) is 38.9. The van der Waals surface area contributed by atoms with Crippen molar-refractivity contribution >= 4 is 29.6 Å². The minimum Gasteiger partial charge on any atom is -0.491 e. The third-order valence-corrected chi connectivity index (χ3v) is 14.0. The predicted molar refractivity (Wildman–Crippen MR) is 258 cm³/mol. The van der Waals surface area contributed by atoms with Crippen molar-refractivity contribution in [2.24, 2.45) is 5.92 Å². The van der Waals surface area contributed by atoms with Gasteiger partial charge in [-0.3, -0.25) is 19.3 Å². The molecule has 5 aromatic carbocycles. The predicted octanol–water partition coefficient (Wildman–Crippen LogP) is 6.79. The molecule has 0 aromatic heterocycles. The highest BCUT2D eigenvalue weighted by molar-refractivity contribution is 6.23. The molecule has 0 bridgehead atoms. The van der Waals surface area contributed by atoms with Crippen molar-refractivity contribution in [2.75, 3.05) is 45.0 Å². The van der Waals surface area contributed by atoms with Crippen LogP contribution < -0.4 is 15.0 Å². The first-order valence-electron chi connectivity index (χ1n) is 23.9. The topological polar surface area (TPSA) is 184 Å². The number of carbonyl (C=O) groups is 4. The summed E-state index contributed by atoms with van der Waals surface area (Å²) in [6, 6.07) is 35.5. The smallest absolute Gasteiger partial charge is 0.421 e. The molecule has 14 heteroatoms. The molecule has 14 nitrogen and oxygen atoms in total. The quantitative estimate of drug-likeness (QED) is 0.0420. The van der Waals surface area contributed by atoms with Gasteiger partial charge in [0.2, 0.25) is 11.8 Å². The molecular weight excluding hydrogens is 891 g/mol. The van der Waals surface area contributed by atoms with E-state index >= 15 is 14.4 Å². The summed E-state index contributed by atoms with van der Waals surface area (Å²) in [5.41, 5.74) is -0.535. The lowest BCUT2D eigenvalue weighted by Gasteiger charge is -2.46. The summed E-state index contributed by atoms with van der Waals surface area (Å²) in [6.07, 6.45) is 1.35. The summed E-state index contributed by atoms with van der Waals surface area (Å²) in [6.45, 7) is -0.971. The van der Waals surface area contributed by atoms with Crippen LogP contribution in [0.3, 0.4) is 0 Å². The molecule has 4 aliphatic rings. The molecule has 2 saturated heterocycles. The number of hydrogen-bond donors (Lipinski definition) is 4. The van der Waals surface area contributed by atoms with Gasteiger partial charge in [-0.2, -0.15) is 0 Å². The van der Waals surface area contributed by atoms with E-state index in [1.54, 1.807) is 72.8 Å². The number of ether oxygens (including phenoxy) is 4. The number of fused-ring (bicyclic) bond motifs is 3. The molecule has 7 atom stereocenters. The number of para-hydroxylation sites is 1. The fourth-order valence-corrected chi connectivity index (χ4v) is 10.9. The van der Waals surface area contributed by atoms with E-state index in [4.69, 9.17) is 18.9 Å². The highest BCUT2D eigenvalue weighted by Crippen LogP contribution is 2.66. The number of benzene rings is 5. The van der Waals surface area contributed by atoms with Crippen molar-refractivity contribution in [3.63, 3.8) is 0 Å². The number of rotatable bonds is 13. The SMILES string of the molecule is COCCOC(=O)N1C(=O)[C@@]2(c3cc(C#CC4(O)CCCCCC4)ccc31)[C@H](c1ccccc1OCCO)N1[C@H](c3ccccc3)[C@H](c3ccccc3)OC(=O)[C@H]1[C@@H]2C(=O)NC[C@H](O)c1ccccc1. The number of imide groups is 1. The number of cyclic esters (lactones) is 1. The van der Waals surface area contributed by atoms with Crippen molar-refractivity contribution in [2.45, 2.75) is 79.9 Å². The molecule has 1 saturated carbocycles. The third kappa shape index (κ3) is 9.07. The second-order valence-corrected chi connectivity index (χ2v) is 18.2.